The lowest BCUT2D eigenvalue weighted by Gasteiger charge is -2.27. The highest BCUT2D eigenvalue weighted by Crippen LogP contribution is 2.47. The second-order valence-electron chi connectivity index (χ2n) is 13.2. The Balaban J connectivity index is 1.23. The zero-order chi connectivity index (χ0) is 35.8. The summed E-state index contributed by atoms with van der Waals surface area (Å²) in [6, 6.07) is 66.8. The van der Waals surface area contributed by atoms with Crippen molar-refractivity contribution in [2.45, 2.75) is 0 Å². The number of para-hydroxylation sites is 2. The van der Waals surface area contributed by atoms with E-state index in [9.17, 15) is 0 Å². The molecule has 0 aliphatic carbocycles. The fourth-order valence-electron chi connectivity index (χ4n) is 7.32. The maximum atomic E-state index is 7.14. The summed E-state index contributed by atoms with van der Waals surface area (Å²) in [7, 11) is 0. The van der Waals surface area contributed by atoms with Crippen LogP contribution in [0.3, 0.4) is 0 Å². The summed E-state index contributed by atoms with van der Waals surface area (Å²) in [6.45, 7) is 0. The molecule has 0 fully saturated rings. The van der Waals surface area contributed by atoms with Crippen LogP contribution in [0.5, 0.6) is 0 Å². The number of anilines is 3. The van der Waals surface area contributed by atoms with Gasteiger partial charge in [0.2, 0.25) is 0 Å². The molecular formula is C49H32N4O. The quantitative estimate of drug-likeness (QED) is 0.166. The summed E-state index contributed by atoms with van der Waals surface area (Å²) in [5, 5.41) is 4.21. The maximum Gasteiger partial charge on any atom is 0.167 e. The second-order valence-corrected chi connectivity index (χ2v) is 13.2. The standard InChI is InChI=1S/C49H32N4O/c1-5-16-33(17-6-1)34-28-30-39(31-29-34)53(38-23-11-4-12-24-38)44-40-25-14-13-22-37(40)32-43-41-26-15-27-42(45(41)54-46(43)44)49-51-47(35-18-7-2-8-19-35)50-48(52-49)36-20-9-3-10-21-36/h1-32H. The van der Waals surface area contributed by atoms with Gasteiger partial charge in [-0.15, -0.1) is 0 Å². The lowest BCUT2D eigenvalue weighted by atomic mass is 10.0. The SMILES string of the molecule is c1ccc(-c2ccc(N(c3ccccc3)c3c4ccccc4cc4c3oc3c(-c5nc(-c6ccccc6)nc(-c6ccccc6)n5)cccc34)cc2)cc1. The smallest absolute Gasteiger partial charge is 0.167 e. The van der Waals surface area contributed by atoms with Crippen molar-refractivity contribution >= 4 is 49.8 Å². The van der Waals surface area contributed by atoms with Gasteiger partial charge < -0.3 is 9.32 Å². The van der Waals surface area contributed by atoms with Crippen LogP contribution in [-0.4, -0.2) is 15.0 Å². The topological polar surface area (TPSA) is 55.1 Å². The van der Waals surface area contributed by atoms with Crippen LogP contribution in [0.25, 0.3) is 78.0 Å². The molecule has 54 heavy (non-hydrogen) atoms. The van der Waals surface area contributed by atoms with Crippen molar-refractivity contribution in [1.29, 1.82) is 0 Å². The highest BCUT2D eigenvalue weighted by molar-refractivity contribution is 6.20. The monoisotopic (exact) mass is 692 g/mol. The van der Waals surface area contributed by atoms with Gasteiger partial charge >= 0.3 is 0 Å². The number of furan rings is 1. The largest absolute Gasteiger partial charge is 0.453 e. The first-order chi connectivity index (χ1) is 26.8. The van der Waals surface area contributed by atoms with E-state index in [0.717, 1.165) is 72.0 Å². The molecule has 0 spiro atoms. The van der Waals surface area contributed by atoms with Crippen LogP contribution >= 0.6 is 0 Å². The normalized spacial score (nSPS) is 11.3. The van der Waals surface area contributed by atoms with Crippen LogP contribution in [0.4, 0.5) is 17.1 Å². The van der Waals surface area contributed by atoms with Crippen molar-refractivity contribution < 1.29 is 4.42 Å². The van der Waals surface area contributed by atoms with E-state index >= 15 is 0 Å². The summed E-state index contributed by atoms with van der Waals surface area (Å²) in [5.74, 6) is 1.76. The number of hydrogen-bond donors (Lipinski definition) is 0. The summed E-state index contributed by atoms with van der Waals surface area (Å²) in [6.07, 6.45) is 0. The Morgan fingerprint density at radius 2 is 0.852 bits per heavy atom. The van der Waals surface area contributed by atoms with Gasteiger partial charge in [0.15, 0.2) is 23.1 Å². The molecule has 0 saturated carbocycles. The van der Waals surface area contributed by atoms with E-state index < -0.39 is 0 Å². The molecule has 254 valence electrons. The van der Waals surface area contributed by atoms with Crippen molar-refractivity contribution in [3.05, 3.63) is 194 Å². The number of hydrogen-bond acceptors (Lipinski definition) is 5. The molecule has 0 unspecified atom stereocenters. The van der Waals surface area contributed by atoms with Gasteiger partial charge in [-0.1, -0.05) is 158 Å². The molecule has 0 atom stereocenters. The van der Waals surface area contributed by atoms with Crippen LogP contribution in [-0.2, 0) is 0 Å². The Bertz CT molecular complexity index is 2850. The molecule has 5 heteroatoms. The van der Waals surface area contributed by atoms with Crippen LogP contribution in [0.2, 0.25) is 0 Å². The van der Waals surface area contributed by atoms with Crippen LogP contribution in [0.1, 0.15) is 0 Å². The molecule has 10 rings (SSSR count). The number of fused-ring (bicyclic) bond motifs is 4. The van der Waals surface area contributed by atoms with Crippen molar-refractivity contribution in [3.8, 4) is 45.3 Å². The first kappa shape index (κ1) is 31.4. The molecule has 0 N–H and O–H groups in total. The van der Waals surface area contributed by atoms with Gasteiger partial charge in [0.25, 0.3) is 0 Å². The molecule has 0 aliphatic heterocycles. The molecule has 10 aromatic rings. The van der Waals surface area contributed by atoms with E-state index in [2.05, 4.69) is 126 Å². The highest BCUT2D eigenvalue weighted by Gasteiger charge is 2.25. The van der Waals surface area contributed by atoms with E-state index in [0.29, 0.717) is 17.5 Å². The molecule has 2 heterocycles. The van der Waals surface area contributed by atoms with Gasteiger partial charge in [-0.05, 0) is 52.9 Å². The number of benzene rings is 8. The highest BCUT2D eigenvalue weighted by atomic mass is 16.3. The Hall–Kier alpha value is -7.37. The minimum atomic E-state index is 0.551. The zero-order valence-corrected chi connectivity index (χ0v) is 29.2. The third kappa shape index (κ3) is 5.56. The Labute approximate surface area is 312 Å². The van der Waals surface area contributed by atoms with Gasteiger partial charge in [-0.25, -0.2) is 15.0 Å². The molecule has 5 nitrogen and oxygen atoms in total. The minimum Gasteiger partial charge on any atom is -0.453 e. The van der Waals surface area contributed by atoms with E-state index in [1.54, 1.807) is 0 Å². The molecule has 0 amide bonds. The van der Waals surface area contributed by atoms with Crippen molar-refractivity contribution in [2.24, 2.45) is 0 Å². The molecule has 0 radical (unpaired) electrons. The number of nitrogens with zero attached hydrogens (tertiary/aromatic N) is 4. The fraction of sp³-hybridized carbons (Fsp3) is 0. The van der Waals surface area contributed by atoms with Crippen LogP contribution in [0.15, 0.2) is 199 Å². The van der Waals surface area contributed by atoms with E-state index in [4.69, 9.17) is 19.4 Å². The molecule has 0 bridgehead atoms. The van der Waals surface area contributed by atoms with E-state index in [-0.39, 0.29) is 0 Å². The lowest BCUT2D eigenvalue weighted by Crippen LogP contribution is -2.10. The number of aromatic nitrogens is 3. The van der Waals surface area contributed by atoms with Crippen LogP contribution < -0.4 is 4.90 Å². The van der Waals surface area contributed by atoms with Gasteiger partial charge in [-0.2, -0.15) is 0 Å². The molecule has 0 aliphatic rings. The Morgan fingerprint density at radius 3 is 1.50 bits per heavy atom. The van der Waals surface area contributed by atoms with Crippen molar-refractivity contribution in [2.75, 3.05) is 4.90 Å². The Kier molecular flexibility index (Phi) is 7.73. The first-order valence-electron chi connectivity index (χ1n) is 18.0. The van der Waals surface area contributed by atoms with E-state index in [1.165, 1.54) is 5.56 Å². The van der Waals surface area contributed by atoms with Gasteiger partial charge in [0.1, 0.15) is 5.58 Å². The number of rotatable bonds is 7. The molecular weight excluding hydrogens is 661 g/mol. The Morgan fingerprint density at radius 1 is 0.352 bits per heavy atom. The first-order valence-corrected chi connectivity index (χ1v) is 18.0. The van der Waals surface area contributed by atoms with Crippen molar-refractivity contribution in [3.63, 3.8) is 0 Å². The lowest BCUT2D eigenvalue weighted by molar-refractivity contribution is 0.670. The minimum absolute atomic E-state index is 0.551. The average molecular weight is 693 g/mol. The molecule has 0 saturated heterocycles. The predicted octanol–water partition coefficient (Wildman–Crippen LogP) is 13.1. The zero-order valence-electron chi connectivity index (χ0n) is 29.2. The fourth-order valence-corrected chi connectivity index (χ4v) is 7.32. The van der Waals surface area contributed by atoms with Crippen LogP contribution in [0, 0.1) is 0 Å². The summed E-state index contributed by atoms with van der Waals surface area (Å²) < 4.78 is 7.14. The summed E-state index contributed by atoms with van der Waals surface area (Å²) >= 11 is 0. The van der Waals surface area contributed by atoms with Gasteiger partial charge in [-0.3, -0.25) is 0 Å². The van der Waals surface area contributed by atoms with E-state index in [1.807, 2.05) is 72.8 Å². The maximum absolute atomic E-state index is 7.14. The molecule has 2 aromatic heterocycles. The third-order valence-electron chi connectivity index (χ3n) is 9.90. The third-order valence-corrected chi connectivity index (χ3v) is 9.90. The van der Waals surface area contributed by atoms with Gasteiger partial charge in [0, 0.05) is 38.7 Å². The second kappa shape index (κ2) is 13.3. The summed E-state index contributed by atoms with van der Waals surface area (Å²) in [4.78, 5) is 17.4. The van der Waals surface area contributed by atoms with Crippen molar-refractivity contribution in [1.82, 2.24) is 15.0 Å². The summed E-state index contributed by atoms with van der Waals surface area (Å²) in [5.41, 5.74) is 9.50. The molecule has 8 aromatic carbocycles. The van der Waals surface area contributed by atoms with Gasteiger partial charge in [0.05, 0.1) is 11.3 Å². The predicted molar refractivity (Wildman–Crippen MR) is 221 cm³/mol. The average Bonchev–Trinajstić information content (AvgIpc) is 3.63.